The van der Waals surface area contributed by atoms with Crippen LogP contribution in [0.4, 0.5) is 0 Å². The quantitative estimate of drug-likeness (QED) is 0.464. The van der Waals surface area contributed by atoms with Gasteiger partial charge in [-0.15, -0.1) is 10.2 Å². The number of carboxylic acids is 1. The summed E-state index contributed by atoms with van der Waals surface area (Å²) in [6, 6.07) is 16.2. The second-order valence-electron chi connectivity index (χ2n) is 7.20. The van der Waals surface area contributed by atoms with E-state index in [4.69, 9.17) is 9.52 Å². The van der Waals surface area contributed by atoms with Crippen LogP contribution in [0.25, 0.3) is 23.1 Å². The highest BCUT2D eigenvalue weighted by molar-refractivity contribution is 5.79. The van der Waals surface area contributed by atoms with Gasteiger partial charge in [-0.3, -0.25) is 4.79 Å². The first kappa shape index (κ1) is 21.5. The summed E-state index contributed by atoms with van der Waals surface area (Å²) in [5.74, 6) is 0.189. The van der Waals surface area contributed by atoms with Crippen molar-refractivity contribution in [1.82, 2.24) is 15.5 Å². The van der Waals surface area contributed by atoms with Gasteiger partial charge in [-0.25, -0.2) is 0 Å². The lowest BCUT2D eigenvalue weighted by atomic mass is 10.0. The van der Waals surface area contributed by atoms with Gasteiger partial charge >= 0.3 is 5.97 Å². The molecule has 0 atom stereocenters. The van der Waals surface area contributed by atoms with E-state index < -0.39 is 5.97 Å². The van der Waals surface area contributed by atoms with E-state index in [0.717, 1.165) is 35.1 Å². The Kier molecular flexibility index (Phi) is 7.51. The summed E-state index contributed by atoms with van der Waals surface area (Å²) < 4.78 is 5.93. The van der Waals surface area contributed by atoms with E-state index in [9.17, 15) is 4.79 Å². The minimum Gasteiger partial charge on any atom is -0.481 e. The van der Waals surface area contributed by atoms with Crippen molar-refractivity contribution in [3.63, 3.8) is 0 Å². The lowest BCUT2D eigenvalue weighted by Crippen LogP contribution is -2.17. The molecule has 30 heavy (non-hydrogen) atoms. The molecule has 0 aliphatic carbocycles. The zero-order chi connectivity index (χ0) is 21.3. The first-order valence-corrected chi connectivity index (χ1v) is 10.2. The van der Waals surface area contributed by atoms with Gasteiger partial charge in [-0.1, -0.05) is 55.8 Å². The number of aromatic nitrogens is 2. The number of benzene rings is 2. The standard InChI is InChI=1S/C24H27N3O3/c1-3-7-20(19-8-5-4-6-9-19)15-22-26-27-24(30-22)21-11-10-18(14-17(21)2)16-25-13-12-23(28)29/h4-6,8-11,14-15,25H,3,7,12-13,16H2,1-2H3,(H,28,29)/b20-15+. The Morgan fingerprint density at radius 2 is 1.93 bits per heavy atom. The number of nitrogens with zero attached hydrogens (tertiary/aromatic N) is 2. The van der Waals surface area contributed by atoms with Gasteiger partial charge in [0.25, 0.3) is 0 Å². The van der Waals surface area contributed by atoms with Crippen LogP contribution in [-0.2, 0) is 11.3 Å². The highest BCUT2D eigenvalue weighted by Crippen LogP contribution is 2.26. The van der Waals surface area contributed by atoms with Crippen LogP contribution in [0.5, 0.6) is 0 Å². The Balaban J connectivity index is 1.74. The summed E-state index contributed by atoms with van der Waals surface area (Å²) in [5, 5.41) is 20.3. The Morgan fingerprint density at radius 3 is 2.63 bits per heavy atom. The number of allylic oxidation sites excluding steroid dienone is 1. The van der Waals surface area contributed by atoms with Crippen LogP contribution >= 0.6 is 0 Å². The molecule has 0 bridgehead atoms. The minimum atomic E-state index is -0.801. The molecule has 3 aromatic rings. The lowest BCUT2D eigenvalue weighted by molar-refractivity contribution is -0.136. The highest BCUT2D eigenvalue weighted by atomic mass is 16.4. The molecule has 0 saturated heterocycles. The third-order valence-corrected chi connectivity index (χ3v) is 4.77. The summed E-state index contributed by atoms with van der Waals surface area (Å²) in [6.07, 6.45) is 4.04. The van der Waals surface area contributed by atoms with Crippen molar-refractivity contribution in [2.45, 2.75) is 39.7 Å². The first-order chi connectivity index (χ1) is 14.6. The summed E-state index contributed by atoms with van der Waals surface area (Å²) in [7, 11) is 0. The van der Waals surface area contributed by atoms with Crippen molar-refractivity contribution in [2.75, 3.05) is 6.54 Å². The van der Waals surface area contributed by atoms with Crippen LogP contribution in [0, 0.1) is 6.92 Å². The molecular weight excluding hydrogens is 378 g/mol. The van der Waals surface area contributed by atoms with Gasteiger partial charge in [0.1, 0.15) is 0 Å². The average Bonchev–Trinajstić information content (AvgIpc) is 3.20. The van der Waals surface area contributed by atoms with Crippen molar-refractivity contribution in [2.24, 2.45) is 0 Å². The second kappa shape index (κ2) is 10.5. The van der Waals surface area contributed by atoms with Crippen LogP contribution < -0.4 is 5.32 Å². The van der Waals surface area contributed by atoms with Gasteiger partial charge in [0, 0.05) is 24.7 Å². The molecule has 6 nitrogen and oxygen atoms in total. The molecule has 0 amide bonds. The summed E-state index contributed by atoms with van der Waals surface area (Å²) in [5.41, 5.74) is 5.34. The number of hydrogen-bond donors (Lipinski definition) is 2. The van der Waals surface area contributed by atoms with E-state index >= 15 is 0 Å². The largest absolute Gasteiger partial charge is 0.481 e. The van der Waals surface area contributed by atoms with E-state index in [-0.39, 0.29) is 6.42 Å². The van der Waals surface area contributed by atoms with E-state index in [1.807, 2.05) is 43.3 Å². The molecular formula is C24H27N3O3. The molecule has 1 heterocycles. The van der Waals surface area contributed by atoms with E-state index in [1.54, 1.807) is 0 Å². The van der Waals surface area contributed by atoms with Gasteiger partial charge in [-0.05, 0) is 41.7 Å². The van der Waals surface area contributed by atoms with Crippen molar-refractivity contribution in [1.29, 1.82) is 0 Å². The normalized spacial score (nSPS) is 11.6. The molecule has 0 aliphatic rings. The molecule has 156 valence electrons. The number of carboxylic acid groups (broad SMARTS) is 1. The predicted octanol–water partition coefficient (Wildman–Crippen LogP) is 4.95. The average molecular weight is 405 g/mol. The maximum Gasteiger partial charge on any atom is 0.304 e. The van der Waals surface area contributed by atoms with Gasteiger partial charge in [0.05, 0.1) is 6.42 Å². The Labute approximate surface area is 176 Å². The summed E-state index contributed by atoms with van der Waals surface area (Å²) >= 11 is 0. The third kappa shape index (κ3) is 5.87. The van der Waals surface area contributed by atoms with Crippen LogP contribution in [-0.4, -0.2) is 27.8 Å². The fourth-order valence-electron chi connectivity index (χ4n) is 3.28. The molecule has 2 N–H and O–H groups in total. The zero-order valence-corrected chi connectivity index (χ0v) is 17.4. The summed E-state index contributed by atoms with van der Waals surface area (Å²) in [4.78, 5) is 10.6. The summed E-state index contributed by atoms with van der Waals surface area (Å²) in [6.45, 7) is 5.21. The van der Waals surface area contributed by atoms with E-state index in [2.05, 4.69) is 40.6 Å². The molecule has 0 aliphatic heterocycles. The van der Waals surface area contributed by atoms with Gasteiger partial charge in [-0.2, -0.15) is 0 Å². The van der Waals surface area contributed by atoms with Crippen LogP contribution in [0.1, 0.15) is 48.8 Å². The number of aryl methyl sites for hydroxylation is 1. The number of rotatable bonds is 10. The van der Waals surface area contributed by atoms with Gasteiger partial charge in [0.15, 0.2) is 0 Å². The fraction of sp³-hybridized carbons (Fsp3) is 0.292. The topological polar surface area (TPSA) is 88.2 Å². The van der Waals surface area contributed by atoms with E-state index in [1.165, 1.54) is 5.57 Å². The fourth-order valence-corrected chi connectivity index (χ4v) is 3.28. The Hall–Kier alpha value is -3.25. The third-order valence-electron chi connectivity index (χ3n) is 4.77. The van der Waals surface area contributed by atoms with Gasteiger partial charge < -0.3 is 14.8 Å². The molecule has 3 rings (SSSR count). The Morgan fingerprint density at radius 1 is 1.13 bits per heavy atom. The smallest absolute Gasteiger partial charge is 0.304 e. The maximum absolute atomic E-state index is 10.6. The van der Waals surface area contributed by atoms with Crippen molar-refractivity contribution >= 4 is 17.6 Å². The lowest BCUT2D eigenvalue weighted by Gasteiger charge is -2.07. The van der Waals surface area contributed by atoms with Crippen LogP contribution in [0.2, 0.25) is 0 Å². The molecule has 0 radical (unpaired) electrons. The highest BCUT2D eigenvalue weighted by Gasteiger charge is 2.12. The molecule has 2 aromatic carbocycles. The minimum absolute atomic E-state index is 0.109. The zero-order valence-electron chi connectivity index (χ0n) is 17.4. The number of carbonyl (C=O) groups is 1. The van der Waals surface area contributed by atoms with Crippen molar-refractivity contribution < 1.29 is 14.3 Å². The monoisotopic (exact) mass is 405 g/mol. The number of hydrogen-bond acceptors (Lipinski definition) is 5. The first-order valence-electron chi connectivity index (χ1n) is 10.2. The molecule has 0 fully saturated rings. The van der Waals surface area contributed by atoms with E-state index in [0.29, 0.717) is 24.9 Å². The number of nitrogens with one attached hydrogen (secondary N) is 1. The molecule has 6 heteroatoms. The number of aliphatic carboxylic acids is 1. The van der Waals surface area contributed by atoms with Crippen molar-refractivity contribution in [3.8, 4) is 11.5 Å². The maximum atomic E-state index is 10.6. The van der Waals surface area contributed by atoms with Crippen LogP contribution in [0.3, 0.4) is 0 Å². The Bertz CT molecular complexity index is 1010. The molecule has 0 spiro atoms. The molecule has 1 aromatic heterocycles. The van der Waals surface area contributed by atoms with Gasteiger partial charge in [0.2, 0.25) is 11.8 Å². The van der Waals surface area contributed by atoms with Crippen LogP contribution in [0.15, 0.2) is 52.9 Å². The van der Waals surface area contributed by atoms with Crippen molar-refractivity contribution in [3.05, 3.63) is 71.1 Å². The second-order valence-corrected chi connectivity index (χ2v) is 7.20. The molecule has 0 saturated carbocycles. The SMILES string of the molecule is CCC/C(=C\c1nnc(-c2ccc(CNCCC(=O)O)cc2C)o1)c1ccccc1. The molecule has 0 unspecified atom stereocenters. The predicted molar refractivity (Wildman–Crippen MR) is 118 cm³/mol.